The molecule has 2 N–H and O–H groups in total. The van der Waals surface area contributed by atoms with Gasteiger partial charge in [0.1, 0.15) is 6.10 Å². The summed E-state index contributed by atoms with van der Waals surface area (Å²) >= 11 is 5.78. The Bertz CT molecular complexity index is 1040. The van der Waals surface area contributed by atoms with E-state index in [9.17, 15) is 9.59 Å². The molecule has 150 valence electrons. The Kier molecular flexibility index (Phi) is 5.49. The number of H-pyrrole nitrogens is 1. The van der Waals surface area contributed by atoms with Crippen molar-refractivity contribution in [3.05, 3.63) is 52.9 Å². The van der Waals surface area contributed by atoms with Crippen LogP contribution in [0, 0.1) is 6.92 Å². The summed E-state index contributed by atoms with van der Waals surface area (Å²) in [6.07, 6.45) is 5.92. The van der Waals surface area contributed by atoms with Gasteiger partial charge in [0.15, 0.2) is 0 Å². The van der Waals surface area contributed by atoms with E-state index in [1.807, 2.05) is 31.2 Å². The number of ketones is 1. The molecule has 0 bridgehead atoms. The number of carbonyl (C=O) groups is 2. The third kappa shape index (κ3) is 4.24. The largest absolute Gasteiger partial charge is 0.460 e. The molecule has 8 heteroatoms. The van der Waals surface area contributed by atoms with Crippen molar-refractivity contribution in [1.82, 2.24) is 20.3 Å². The zero-order valence-corrected chi connectivity index (χ0v) is 16.7. The molecular weight excluding hydrogens is 392 g/mol. The number of amides is 1. The minimum absolute atomic E-state index is 0.0177. The van der Waals surface area contributed by atoms with Crippen LogP contribution in [0.25, 0.3) is 10.9 Å². The molecule has 4 rings (SSSR count). The average molecular weight is 413 g/mol. The van der Waals surface area contributed by atoms with Crippen molar-refractivity contribution in [3.63, 3.8) is 0 Å². The van der Waals surface area contributed by atoms with E-state index < -0.39 is 11.7 Å². The first kappa shape index (κ1) is 19.4. The summed E-state index contributed by atoms with van der Waals surface area (Å²) in [6.45, 7) is 1.81. The standard InChI is InChI=1S/C21H21ClN4O3/c1-12-18(16-4-2-3-5-17(16)25-12)19(27)20(28)26-14-6-8-15(9-7-14)29-21-23-10-13(22)11-24-21/h2-5,10-11,14-15,25H,6-9H2,1H3,(H,26,28). The summed E-state index contributed by atoms with van der Waals surface area (Å²) in [6, 6.07) is 7.73. The fraction of sp³-hybridized carbons (Fsp3) is 0.333. The number of carbonyl (C=O) groups excluding carboxylic acids is 2. The number of nitrogens with zero attached hydrogens (tertiary/aromatic N) is 2. The maximum atomic E-state index is 12.8. The summed E-state index contributed by atoms with van der Waals surface area (Å²) in [7, 11) is 0. The predicted octanol–water partition coefficient (Wildman–Crippen LogP) is 3.61. The van der Waals surface area contributed by atoms with Gasteiger partial charge in [0.05, 0.1) is 23.0 Å². The van der Waals surface area contributed by atoms with Crippen LogP contribution >= 0.6 is 11.6 Å². The minimum Gasteiger partial charge on any atom is -0.460 e. The van der Waals surface area contributed by atoms with E-state index in [0.717, 1.165) is 36.6 Å². The quantitative estimate of drug-likeness (QED) is 0.493. The second-order valence-corrected chi connectivity index (χ2v) is 7.68. The Morgan fingerprint density at radius 1 is 1.14 bits per heavy atom. The van der Waals surface area contributed by atoms with Crippen LogP contribution in [0.3, 0.4) is 0 Å². The Labute approximate surface area is 172 Å². The summed E-state index contributed by atoms with van der Waals surface area (Å²) in [5.74, 6) is -1.07. The SMILES string of the molecule is Cc1[nH]c2ccccc2c1C(=O)C(=O)NC1CCC(Oc2ncc(Cl)cn2)CC1. The van der Waals surface area contributed by atoms with Gasteiger partial charge in [-0.15, -0.1) is 0 Å². The number of nitrogens with one attached hydrogen (secondary N) is 2. The van der Waals surface area contributed by atoms with E-state index in [2.05, 4.69) is 20.3 Å². The highest BCUT2D eigenvalue weighted by molar-refractivity contribution is 6.45. The number of hydrogen-bond acceptors (Lipinski definition) is 5. The van der Waals surface area contributed by atoms with Crippen LogP contribution in [0.4, 0.5) is 0 Å². The summed E-state index contributed by atoms with van der Waals surface area (Å²) < 4.78 is 5.77. The molecule has 1 fully saturated rings. The van der Waals surface area contributed by atoms with Gasteiger partial charge in [-0.05, 0) is 38.7 Å². The summed E-state index contributed by atoms with van der Waals surface area (Å²) in [5, 5.41) is 4.11. The van der Waals surface area contributed by atoms with E-state index in [0.29, 0.717) is 22.3 Å². The lowest BCUT2D eigenvalue weighted by Gasteiger charge is -2.28. The van der Waals surface area contributed by atoms with Crippen molar-refractivity contribution in [3.8, 4) is 6.01 Å². The topological polar surface area (TPSA) is 97.0 Å². The van der Waals surface area contributed by atoms with Crippen LogP contribution in [-0.2, 0) is 4.79 Å². The summed E-state index contributed by atoms with van der Waals surface area (Å²) in [5.41, 5.74) is 1.99. The van der Waals surface area contributed by atoms with Gasteiger partial charge in [-0.2, -0.15) is 0 Å². The molecule has 29 heavy (non-hydrogen) atoms. The minimum atomic E-state index is -0.566. The third-order valence-electron chi connectivity index (χ3n) is 5.21. The number of benzene rings is 1. The van der Waals surface area contributed by atoms with Crippen LogP contribution in [0.2, 0.25) is 5.02 Å². The number of aryl methyl sites for hydroxylation is 1. The first-order chi connectivity index (χ1) is 14.0. The zero-order valence-electron chi connectivity index (χ0n) is 15.9. The maximum Gasteiger partial charge on any atom is 0.316 e. The number of aromatic amines is 1. The molecule has 1 aromatic carbocycles. The van der Waals surface area contributed by atoms with E-state index in [-0.39, 0.29) is 12.1 Å². The number of rotatable bonds is 5. The second kappa shape index (κ2) is 8.21. The summed E-state index contributed by atoms with van der Waals surface area (Å²) in [4.78, 5) is 36.6. The van der Waals surface area contributed by atoms with Crippen LogP contribution < -0.4 is 10.1 Å². The predicted molar refractivity (Wildman–Crippen MR) is 109 cm³/mol. The third-order valence-corrected chi connectivity index (χ3v) is 5.40. The lowest BCUT2D eigenvalue weighted by atomic mass is 9.92. The van der Waals surface area contributed by atoms with Crippen LogP contribution in [0.1, 0.15) is 41.7 Å². The zero-order chi connectivity index (χ0) is 20.4. The van der Waals surface area contributed by atoms with Crippen LogP contribution in [0.15, 0.2) is 36.7 Å². The molecule has 0 spiro atoms. The molecule has 3 aromatic rings. The first-order valence-corrected chi connectivity index (χ1v) is 9.96. The lowest BCUT2D eigenvalue weighted by Crippen LogP contribution is -2.42. The van der Waals surface area contributed by atoms with Crippen molar-refractivity contribution in [1.29, 1.82) is 0 Å². The van der Waals surface area contributed by atoms with Gasteiger partial charge in [0.25, 0.3) is 11.7 Å². The molecule has 0 saturated heterocycles. The van der Waals surface area contributed by atoms with E-state index in [1.54, 1.807) is 0 Å². The highest BCUT2D eigenvalue weighted by Gasteiger charge is 2.28. The Hall–Kier alpha value is -2.93. The van der Waals surface area contributed by atoms with Crippen molar-refractivity contribution < 1.29 is 14.3 Å². The Morgan fingerprint density at radius 2 is 1.83 bits per heavy atom. The van der Waals surface area contributed by atoms with Gasteiger partial charge in [0.2, 0.25) is 0 Å². The molecule has 0 aliphatic heterocycles. The Balaban J connectivity index is 1.34. The maximum absolute atomic E-state index is 12.8. The van der Waals surface area contributed by atoms with Gasteiger partial charge in [-0.3, -0.25) is 9.59 Å². The molecular formula is C21H21ClN4O3. The highest BCUT2D eigenvalue weighted by atomic mass is 35.5. The molecule has 0 atom stereocenters. The molecule has 2 heterocycles. The van der Waals surface area contributed by atoms with Crippen molar-refractivity contribution >= 4 is 34.2 Å². The molecule has 0 unspecified atom stereocenters. The molecule has 7 nitrogen and oxygen atoms in total. The Morgan fingerprint density at radius 3 is 2.55 bits per heavy atom. The van der Waals surface area contributed by atoms with Gasteiger partial charge < -0.3 is 15.0 Å². The van der Waals surface area contributed by atoms with Crippen molar-refractivity contribution in [2.24, 2.45) is 0 Å². The van der Waals surface area contributed by atoms with E-state index >= 15 is 0 Å². The molecule has 2 aromatic heterocycles. The fourth-order valence-electron chi connectivity index (χ4n) is 3.77. The van der Waals surface area contributed by atoms with Gasteiger partial charge in [-0.25, -0.2) is 9.97 Å². The first-order valence-electron chi connectivity index (χ1n) is 9.58. The number of aromatic nitrogens is 3. The molecule has 1 aliphatic rings. The van der Waals surface area contributed by atoms with Gasteiger partial charge in [0, 0.05) is 22.6 Å². The normalized spacial score (nSPS) is 19.1. The van der Waals surface area contributed by atoms with Crippen molar-refractivity contribution in [2.75, 3.05) is 0 Å². The molecule has 1 aliphatic carbocycles. The molecule has 1 amide bonds. The average Bonchev–Trinajstić information content (AvgIpc) is 3.06. The monoisotopic (exact) mass is 412 g/mol. The fourth-order valence-corrected chi connectivity index (χ4v) is 3.87. The number of fused-ring (bicyclic) bond motifs is 1. The van der Waals surface area contributed by atoms with Crippen LogP contribution in [-0.4, -0.2) is 38.8 Å². The second-order valence-electron chi connectivity index (χ2n) is 7.25. The van der Waals surface area contributed by atoms with Gasteiger partial charge in [-0.1, -0.05) is 29.8 Å². The molecule has 1 saturated carbocycles. The van der Waals surface area contributed by atoms with Gasteiger partial charge >= 0.3 is 6.01 Å². The van der Waals surface area contributed by atoms with Crippen molar-refractivity contribution in [2.45, 2.75) is 44.8 Å². The number of halogens is 1. The number of Topliss-reactive ketones (excluding diaryl/α,β-unsaturated/α-hetero) is 1. The highest BCUT2D eigenvalue weighted by Crippen LogP contribution is 2.24. The smallest absolute Gasteiger partial charge is 0.316 e. The van der Waals surface area contributed by atoms with E-state index in [4.69, 9.17) is 16.3 Å². The lowest BCUT2D eigenvalue weighted by molar-refractivity contribution is -0.118. The molecule has 0 radical (unpaired) electrons. The number of ether oxygens (including phenoxy) is 1. The number of hydrogen-bond donors (Lipinski definition) is 2. The van der Waals surface area contributed by atoms with E-state index in [1.165, 1.54) is 12.4 Å². The number of para-hydroxylation sites is 1. The van der Waals surface area contributed by atoms with Crippen LogP contribution in [0.5, 0.6) is 6.01 Å².